The number of hydrogen-bond donors (Lipinski definition) is 1. The van der Waals surface area contributed by atoms with Crippen LogP contribution in [0.3, 0.4) is 0 Å². The first-order valence-electron chi connectivity index (χ1n) is 8.17. The fourth-order valence-corrected chi connectivity index (χ4v) is 4.56. The average molecular weight is 409 g/mol. The van der Waals surface area contributed by atoms with E-state index < -0.39 is 21.9 Å². The van der Waals surface area contributed by atoms with Crippen LogP contribution in [-0.2, 0) is 14.8 Å². The monoisotopic (exact) mass is 408 g/mol. The van der Waals surface area contributed by atoms with Crippen LogP contribution < -0.4 is 14.4 Å². The molecule has 1 saturated heterocycles. The molecule has 0 saturated carbocycles. The van der Waals surface area contributed by atoms with Crippen molar-refractivity contribution in [2.75, 3.05) is 21.9 Å². The maximum absolute atomic E-state index is 12.5. The number of nitrogens with one attached hydrogen (secondary N) is 1. The quantitative estimate of drug-likeness (QED) is 0.620. The predicted molar refractivity (Wildman–Crippen MR) is 103 cm³/mol. The van der Waals surface area contributed by atoms with Gasteiger partial charge in [-0.25, -0.2) is 8.42 Å². The highest BCUT2D eigenvalue weighted by Gasteiger charge is 2.28. The molecule has 1 N–H and O–H groups in total. The highest BCUT2D eigenvalue weighted by atomic mass is 35.5. The minimum absolute atomic E-state index is 0.107. The van der Waals surface area contributed by atoms with E-state index in [9.17, 15) is 18.0 Å². The molecule has 3 rings (SSSR count). The maximum Gasteiger partial charge on any atom is 0.308 e. The summed E-state index contributed by atoms with van der Waals surface area (Å²) in [6, 6.07) is 10.9. The molecule has 7 nitrogen and oxygen atoms in total. The van der Waals surface area contributed by atoms with Gasteiger partial charge < -0.3 is 10.1 Å². The molecule has 1 fully saturated rings. The van der Waals surface area contributed by atoms with Gasteiger partial charge in [-0.2, -0.15) is 0 Å². The molecule has 1 aliphatic heterocycles. The van der Waals surface area contributed by atoms with E-state index in [-0.39, 0.29) is 22.1 Å². The lowest BCUT2D eigenvalue weighted by Crippen LogP contribution is -2.25. The summed E-state index contributed by atoms with van der Waals surface area (Å²) in [5, 5.41) is 2.85. The lowest BCUT2D eigenvalue weighted by atomic mass is 10.1. The van der Waals surface area contributed by atoms with Gasteiger partial charge in [-0.3, -0.25) is 13.9 Å². The Morgan fingerprint density at radius 3 is 2.56 bits per heavy atom. The van der Waals surface area contributed by atoms with Gasteiger partial charge in [-0.15, -0.1) is 0 Å². The van der Waals surface area contributed by atoms with Gasteiger partial charge in [0.2, 0.25) is 10.0 Å². The molecule has 0 aromatic heterocycles. The van der Waals surface area contributed by atoms with Crippen LogP contribution >= 0.6 is 11.6 Å². The second kappa shape index (κ2) is 7.58. The highest BCUT2D eigenvalue weighted by Crippen LogP contribution is 2.31. The molecule has 27 heavy (non-hydrogen) atoms. The molecule has 1 amide bonds. The molecule has 0 spiro atoms. The van der Waals surface area contributed by atoms with Crippen LogP contribution in [0.2, 0.25) is 5.02 Å². The molecule has 0 aliphatic carbocycles. The summed E-state index contributed by atoms with van der Waals surface area (Å²) in [4.78, 5) is 23.7. The molecular formula is C18H17ClN2O5S. The molecular weight excluding hydrogens is 392 g/mol. The number of benzene rings is 2. The fraction of sp³-hybridized carbons (Fsp3) is 0.222. The minimum atomic E-state index is -3.31. The first kappa shape index (κ1) is 19.2. The first-order chi connectivity index (χ1) is 12.8. The zero-order valence-corrected chi connectivity index (χ0v) is 16.0. The van der Waals surface area contributed by atoms with Gasteiger partial charge in [0.1, 0.15) is 5.75 Å². The smallest absolute Gasteiger partial charge is 0.308 e. The van der Waals surface area contributed by atoms with Gasteiger partial charge in [0.15, 0.2) is 0 Å². The zero-order chi connectivity index (χ0) is 19.6. The van der Waals surface area contributed by atoms with E-state index in [1.807, 2.05) is 0 Å². The Kier molecular flexibility index (Phi) is 5.38. The number of nitrogens with zero attached hydrogens (tertiary/aromatic N) is 1. The molecule has 2 aromatic rings. The molecule has 1 heterocycles. The Bertz CT molecular complexity index is 1010. The lowest BCUT2D eigenvalue weighted by molar-refractivity contribution is -0.131. The number of anilines is 2. The number of sulfonamides is 1. The van der Waals surface area contributed by atoms with Crippen molar-refractivity contribution in [3.8, 4) is 5.75 Å². The minimum Gasteiger partial charge on any atom is -0.426 e. The third-order valence-corrected chi connectivity index (χ3v) is 6.16. The summed E-state index contributed by atoms with van der Waals surface area (Å²) in [5.41, 5.74) is 0.949. The summed E-state index contributed by atoms with van der Waals surface area (Å²) in [5.74, 6) is -0.797. The summed E-state index contributed by atoms with van der Waals surface area (Å²) in [7, 11) is -3.31. The number of ether oxygens (including phenoxy) is 1. The van der Waals surface area contributed by atoms with Gasteiger partial charge in [-0.05, 0) is 36.8 Å². The van der Waals surface area contributed by atoms with Crippen molar-refractivity contribution < 1.29 is 22.7 Å². The number of carbonyl (C=O) groups is 2. The van der Waals surface area contributed by atoms with Crippen molar-refractivity contribution in [3.05, 3.63) is 53.1 Å². The van der Waals surface area contributed by atoms with E-state index in [4.69, 9.17) is 16.3 Å². The summed E-state index contributed by atoms with van der Waals surface area (Å²) in [6.07, 6.45) is 0.561. The SMILES string of the molecule is CC(=O)Oc1ccccc1C(=O)Nc1ccc(N2CCCS2(=O)=O)cc1Cl. The van der Waals surface area contributed by atoms with Crippen molar-refractivity contribution in [2.45, 2.75) is 13.3 Å². The van der Waals surface area contributed by atoms with Crippen LogP contribution in [0, 0.1) is 0 Å². The lowest BCUT2D eigenvalue weighted by Gasteiger charge is -2.18. The Balaban J connectivity index is 1.83. The normalized spacial score (nSPS) is 15.4. The highest BCUT2D eigenvalue weighted by molar-refractivity contribution is 7.93. The topological polar surface area (TPSA) is 92.8 Å². The summed E-state index contributed by atoms with van der Waals surface area (Å²) < 4.78 is 30.4. The largest absolute Gasteiger partial charge is 0.426 e. The zero-order valence-electron chi connectivity index (χ0n) is 14.4. The third kappa shape index (κ3) is 4.23. The van der Waals surface area contributed by atoms with Crippen LogP contribution in [-0.4, -0.2) is 32.6 Å². The number of rotatable bonds is 4. The van der Waals surface area contributed by atoms with E-state index in [1.165, 1.54) is 35.5 Å². The van der Waals surface area contributed by atoms with Crippen LogP contribution in [0.5, 0.6) is 5.75 Å². The van der Waals surface area contributed by atoms with Crippen LogP contribution in [0.15, 0.2) is 42.5 Å². The molecule has 2 aromatic carbocycles. The predicted octanol–water partition coefficient (Wildman–Crippen LogP) is 3.06. The van der Waals surface area contributed by atoms with Crippen molar-refractivity contribution in [1.82, 2.24) is 0 Å². The molecule has 9 heteroatoms. The number of esters is 1. The number of hydrogen-bond acceptors (Lipinski definition) is 5. The van der Waals surface area contributed by atoms with Crippen LogP contribution in [0.1, 0.15) is 23.7 Å². The average Bonchev–Trinajstić information content (AvgIpc) is 2.95. The van der Waals surface area contributed by atoms with Crippen molar-refractivity contribution in [1.29, 1.82) is 0 Å². The molecule has 1 aliphatic rings. The van der Waals surface area contributed by atoms with E-state index in [0.717, 1.165) is 0 Å². The molecule has 0 atom stereocenters. The molecule has 0 unspecified atom stereocenters. The Hall–Kier alpha value is -2.58. The molecule has 142 valence electrons. The number of amides is 1. The maximum atomic E-state index is 12.5. The van der Waals surface area contributed by atoms with Gasteiger partial charge in [0.05, 0.1) is 27.7 Å². The van der Waals surface area contributed by atoms with Gasteiger partial charge in [-0.1, -0.05) is 23.7 Å². The fourth-order valence-electron chi connectivity index (χ4n) is 2.78. The molecule has 0 bridgehead atoms. The van der Waals surface area contributed by atoms with Gasteiger partial charge >= 0.3 is 5.97 Å². The Labute approximate surface area is 161 Å². The van der Waals surface area contributed by atoms with E-state index in [1.54, 1.807) is 18.2 Å². The summed E-state index contributed by atoms with van der Waals surface area (Å²) in [6.45, 7) is 1.65. The Morgan fingerprint density at radius 1 is 1.19 bits per heavy atom. The van der Waals surface area contributed by atoms with E-state index in [2.05, 4.69) is 5.32 Å². The van der Waals surface area contributed by atoms with Gasteiger partial charge in [0, 0.05) is 13.5 Å². The second-order valence-corrected chi connectivity index (χ2v) is 8.37. The van der Waals surface area contributed by atoms with Crippen LogP contribution in [0.25, 0.3) is 0 Å². The van der Waals surface area contributed by atoms with Crippen LogP contribution in [0.4, 0.5) is 11.4 Å². The number of carbonyl (C=O) groups excluding carboxylic acids is 2. The van der Waals surface area contributed by atoms with E-state index in [0.29, 0.717) is 24.3 Å². The molecule has 0 radical (unpaired) electrons. The van der Waals surface area contributed by atoms with E-state index >= 15 is 0 Å². The Morgan fingerprint density at radius 2 is 1.93 bits per heavy atom. The summed E-state index contributed by atoms with van der Waals surface area (Å²) >= 11 is 6.24. The number of para-hydroxylation sites is 1. The number of halogens is 1. The van der Waals surface area contributed by atoms with Gasteiger partial charge in [0.25, 0.3) is 5.91 Å². The standard InChI is InChI=1S/C18H17ClN2O5S/c1-12(22)26-17-6-3-2-5-14(17)18(23)20-16-8-7-13(11-15(16)19)21-9-4-10-27(21,24)25/h2-3,5-8,11H,4,9-10H2,1H3,(H,20,23). The third-order valence-electron chi connectivity index (χ3n) is 3.97. The van der Waals surface area contributed by atoms with Crippen molar-refractivity contribution >= 4 is 44.9 Å². The first-order valence-corrected chi connectivity index (χ1v) is 10.2. The second-order valence-electron chi connectivity index (χ2n) is 5.95. The van der Waals surface area contributed by atoms with Crippen molar-refractivity contribution in [3.63, 3.8) is 0 Å². The van der Waals surface area contributed by atoms with Crippen molar-refractivity contribution in [2.24, 2.45) is 0 Å².